The van der Waals surface area contributed by atoms with Crippen molar-refractivity contribution in [2.75, 3.05) is 10.6 Å². The van der Waals surface area contributed by atoms with Crippen molar-refractivity contribution < 1.29 is 14.0 Å². The zero-order valence-corrected chi connectivity index (χ0v) is 15.6. The molecule has 1 aromatic heterocycles. The molecule has 6 nitrogen and oxygen atoms in total. The number of carbonyl (C=O) groups is 2. The Labute approximate surface area is 165 Å². The van der Waals surface area contributed by atoms with Crippen LogP contribution < -0.4 is 10.6 Å². The van der Waals surface area contributed by atoms with Gasteiger partial charge < -0.3 is 10.6 Å². The van der Waals surface area contributed by atoms with Gasteiger partial charge >= 0.3 is 0 Å². The molecular weight excluding hydrogens is 383 g/mol. The first-order valence-electron chi connectivity index (χ1n) is 8.62. The number of hydrogen-bond acceptors (Lipinski definition) is 3. The molecule has 142 valence electrons. The van der Waals surface area contributed by atoms with Crippen molar-refractivity contribution in [2.24, 2.45) is 0 Å². The van der Waals surface area contributed by atoms with Crippen molar-refractivity contribution in [1.82, 2.24) is 9.78 Å². The van der Waals surface area contributed by atoms with Crippen LogP contribution in [0.5, 0.6) is 0 Å². The van der Waals surface area contributed by atoms with Crippen molar-refractivity contribution in [1.29, 1.82) is 0 Å². The first kappa shape index (κ1) is 18.2. The summed E-state index contributed by atoms with van der Waals surface area (Å²) in [6.45, 7) is 1.90. The van der Waals surface area contributed by atoms with Crippen LogP contribution in [0.2, 0.25) is 5.02 Å². The number of amides is 2. The van der Waals surface area contributed by atoms with Crippen LogP contribution in [-0.2, 0) is 9.59 Å². The normalized spacial score (nSPS) is 15.2. The fourth-order valence-corrected chi connectivity index (χ4v) is 3.43. The van der Waals surface area contributed by atoms with E-state index in [9.17, 15) is 14.0 Å². The molecule has 1 unspecified atom stereocenters. The van der Waals surface area contributed by atoms with Gasteiger partial charge in [0.15, 0.2) is 0 Å². The number of aromatic nitrogens is 2. The average molecular weight is 399 g/mol. The van der Waals surface area contributed by atoms with E-state index in [0.29, 0.717) is 22.1 Å². The van der Waals surface area contributed by atoms with Gasteiger partial charge in [0.2, 0.25) is 5.91 Å². The van der Waals surface area contributed by atoms with Gasteiger partial charge in [-0.2, -0.15) is 5.10 Å². The second-order valence-electron chi connectivity index (χ2n) is 6.60. The molecule has 0 bridgehead atoms. The summed E-state index contributed by atoms with van der Waals surface area (Å²) in [6.07, 6.45) is 1.50. The minimum atomic E-state index is -0.770. The van der Waals surface area contributed by atoms with Crippen LogP contribution in [0.4, 0.5) is 15.9 Å². The number of anilines is 2. The van der Waals surface area contributed by atoms with Gasteiger partial charge in [-0.05, 0) is 42.3 Å². The molecule has 0 saturated carbocycles. The van der Waals surface area contributed by atoms with Crippen LogP contribution >= 0.6 is 11.6 Å². The summed E-state index contributed by atoms with van der Waals surface area (Å²) in [7, 11) is 0. The molecule has 0 aliphatic carbocycles. The molecule has 2 N–H and O–H groups in total. The van der Waals surface area contributed by atoms with Crippen LogP contribution in [0.25, 0.3) is 11.1 Å². The molecule has 8 heteroatoms. The van der Waals surface area contributed by atoms with Gasteiger partial charge in [0.25, 0.3) is 5.91 Å². The van der Waals surface area contributed by atoms with Gasteiger partial charge in [-0.25, -0.2) is 9.07 Å². The molecular formula is C20H16ClFN4O2. The fraction of sp³-hybridized carbons (Fsp3) is 0.150. The lowest BCUT2D eigenvalue weighted by Crippen LogP contribution is -2.23. The van der Waals surface area contributed by atoms with Gasteiger partial charge in [0.1, 0.15) is 17.7 Å². The first-order valence-corrected chi connectivity index (χ1v) is 9.00. The minimum absolute atomic E-state index is 0.0897. The monoisotopic (exact) mass is 398 g/mol. The smallest absolute Gasteiger partial charge is 0.251 e. The van der Waals surface area contributed by atoms with Crippen molar-refractivity contribution in [3.8, 4) is 11.1 Å². The number of hydrogen-bond donors (Lipinski definition) is 2. The molecule has 2 aromatic carbocycles. The van der Waals surface area contributed by atoms with Crippen LogP contribution in [0.15, 0.2) is 48.7 Å². The number of nitrogens with one attached hydrogen (secondary N) is 2. The van der Waals surface area contributed by atoms with Crippen LogP contribution in [0.1, 0.15) is 18.0 Å². The largest absolute Gasteiger partial charge is 0.325 e. The van der Waals surface area contributed by atoms with E-state index in [-0.39, 0.29) is 24.1 Å². The van der Waals surface area contributed by atoms with Crippen LogP contribution in [0, 0.1) is 12.7 Å². The molecule has 0 radical (unpaired) electrons. The first-order chi connectivity index (χ1) is 13.4. The molecule has 3 aromatic rings. The number of carbonyl (C=O) groups excluding carboxylic acids is 2. The molecule has 4 rings (SSSR count). The zero-order valence-electron chi connectivity index (χ0n) is 14.9. The third kappa shape index (κ3) is 3.36. The highest BCUT2D eigenvalue weighted by molar-refractivity contribution is 6.33. The predicted octanol–water partition coefficient (Wildman–Crippen LogP) is 4.17. The third-order valence-electron chi connectivity index (χ3n) is 4.57. The van der Waals surface area contributed by atoms with E-state index in [4.69, 9.17) is 11.6 Å². The van der Waals surface area contributed by atoms with E-state index < -0.39 is 6.04 Å². The van der Waals surface area contributed by atoms with Gasteiger partial charge in [0, 0.05) is 5.56 Å². The lowest BCUT2D eigenvalue weighted by Gasteiger charge is -2.11. The minimum Gasteiger partial charge on any atom is -0.325 e. The quantitative estimate of drug-likeness (QED) is 0.692. The van der Waals surface area contributed by atoms with Gasteiger partial charge in [0.05, 0.1) is 23.3 Å². The molecule has 1 aliphatic heterocycles. The van der Waals surface area contributed by atoms with Crippen molar-refractivity contribution in [3.05, 3.63) is 65.1 Å². The second kappa shape index (κ2) is 7.09. The number of halogens is 2. The van der Waals surface area contributed by atoms with Crippen molar-refractivity contribution >= 4 is 34.9 Å². The summed E-state index contributed by atoms with van der Waals surface area (Å²) in [5.41, 5.74) is 2.85. The highest BCUT2D eigenvalue weighted by Gasteiger charge is 2.35. The Kier molecular flexibility index (Phi) is 4.60. The SMILES string of the molecule is Cc1ccc(NC(=O)CC2C(=O)Nc3c(-c4ccc(F)cc4)cnn32)c(Cl)c1. The van der Waals surface area contributed by atoms with Crippen LogP contribution in [0.3, 0.4) is 0 Å². The summed E-state index contributed by atoms with van der Waals surface area (Å²) in [4.78, 5) is 24.8. The topological polar surface area (TPSA) is 76.0 Å². The molecule has 1 atom stereocenters. The van der Waals surface area contributed by atoms with Gasteiger partial charge in [-0.1, -0.05) is 29.8 Å². The molecule has 2 amide bonds. The maximum absolute atomic E-state index is 13.2. The lowest BCUT2D eigenvalue weighted by molar-refractivity contribution is -0.123. The Morgan fingerprint density at radius 1 is 1.29 bits per heavy atom. The summed E-state index contributed by atoms with van der Waals surface area (Å²) in [6, 6.07) is 10.4. The number of benzene rings is 2. The summed E-state index contributed by atoms with van der Waals surface area (Å²) in [5, 5.41) is 10.2. The Hall–Kier alpha value is -3.19. The second-order valence-corrected chi connectivity index (χ2v) is 7.01. The third-order valence-corrected chi connectivity index (χ3v) is 4.88. The maximum Gasteiger partial charge on any atom is 0.251 e. The molecule has 28 heavy (non-hydrogen) atoms. The van der Waals surface area contributed by atoms with E-state index in [1.165, 1.54) is 16.8 Å². The molecule has 0 fully saturated rings. The Balaban J connectivity index is 1.53. The average Bonchev–Trinajstić information content (AvgIpc) is 3.18. The highest BCUT2D eigenvalue weighted by Crippen LogP contribution is 2.36. The van der Waals surface area contributed by atoms with E-state index in [2.05, 4.69) is 15.7 Å². The van der Waals surface area contributed by atoms with Crippen molar-refractivity contribution in [3.63, 3.8) is 0 Å². The number of aryl methyl sites for hydroxylation is 1. The summed E-state index contributed by atoms with van der Waals surface area (Å²) in [5.74, 6) is -0.530. The Morgan fingerprint density at radius 2 is 2.04 bits per heavy atom. The Bertz CT molecular complexity index is 1080. The molecule has 1 aliphatic rings. The van der Waals surface area contributed by atoms with E-state index in [1.54, 1.807) is 30.5 Å². The number of fused-ring (bicyclic) bond motifs is 1. The van der Waals surface area contributed by atoms with Crippen LogP contribution in [-0.4, -0.2) is 21.6 Å². The maximum atomic E-state index is 13.2. The van der Waals surface area contributed by atoms with Crippen molar-refractivity contribution in [2.45, 2.75) is 19.4 Å². The molecule has 0 spiro atoms. The number of nitrogens with zero attached hydrogens (tertiary/aromatic N) is 2. The molecule has 2 heterocycles. The van der Waals surface area contributed by atoms with E-state index in [0.717, 1.165) is 11.1 Å². The highest BCUT2D eigenvalue weighted by atomic mass is 35.5. The zero-order chi connectivity index (χ0) is 19.8. The van der Waals surface area contributed by atoms with E-state index in [1.807, 2.05) is 13.0 Å². The fourth-order valence-electron chi connectivity index (χ4n) is 3.15. The summed E-state index contributed by atoms with van der Waals surface area (Å²) < 4.78 is 14.6. The summed E-state index contributed by atoms with van der Waals surface area (Å²) >= 11 is 6.14. The van der Waals surface area contributed by atoms with Gasteiger partial charge in [-0.3, -0.25) is 9.59 Å². The number of rotatable bonds is 4. The Morgan fingerprint density at radius 3 is 2.75 bits per heavy atom. The molecule has 0 saturated heterocycles. The van der Waals surface area contributed by atoms with Gasteiger partial charge in [-0.15, -0.1) is 0 Å². The van der Waals surface area contributed by atoms with E-state index >= 15 is 0 Å². The predicted molar refractivity (Wildman–Crippen MR) is 105 cm³/mol. The lowest BCUT2D eigenvalue weighted by atomic mass is 10.1. The standard InChI is InChI=1S/C20H16ClFN4O2/c1-11-2-7-16(15(21)8-11)24-18(27)9-17-20(28)25-19-14(10-23-26(17)19)12-3-5-13(22)6-4-12/h2-8,10,17H,9H2,1H3,(H,24,27)(H,25,28).